The quantitative estimate of drug-likeness (QED) is 0.563. The Balaban J connectivity index is 2.42. The second kappa shape index (κ2) is 7.72. The van der Waals surface area contributed by atoms with Crippen LogP contribution in [0, 0.1) is 32.6 Å². The van der Waals surface area contributed by atoms with E-state index in [4.69, 9.17) is 0 Å². The van der Waals surface area contributed by atoms with Gasteiger partial charge in [0.05, 0.1) is 0 Å². The standard InChI is InChI=1S/C19H32/c1-14(2)8-7-9-15(3)10-12-19-13-11-16(4)17(5)18(19)6/h11,13-15H,7-10,12H2,1-6H3. The van der Waals surface area contributed by atoms with Gasteiger partial charge in [0.25, 0.3) is 0 Å². The molecule has 0 amide bonds. The van der Waals surface area contributed by atoms with Crippen LogP contribution in [-0.2, 0) is 6.42 Å². The molecule has 1 aromatic rings. The number of rotatable bonds is 7. The molecule has 1 unspecified atom stereocenters. The molecule has 0 radical (unpaired) electrons. The van der Waals surface area contributed by atoms with Gasteiger partial charge in [0, 0.05) is 0 Å². The van der Waals surface area contributed by atoms with Crippen molar-refractivity contribution in [3.8, 4) is 0 Å². The molecular weight excluding hydrogens is 228 g/mol. The summed E-state index contributed by atoms with van der Waals surface area (Å²) in [4.78, 5) is 0. The predicted molar refractivity (Wildman–Crippen MR) is 86.8 cm³/mol. The highest BCUT2D eigenvalue weighted by molar-refractivity contribution is 5.38. The SMILES string of the molecule is Cc1ccc(CCC(C)CCCC(C)C)c(C)c1C. The molecule has 0 saturated carbocycles. The average molecular weight is 260 g/mol. The monoisotopic (exact) mass is 260 g/mol. The molecule has 0 fully saturated rings. The summed E-state index contributed by atoms with van der Waals surface area (Å²) in [6, 6.07) is 4.61. The minimum Gasteiger partial charge on any atom is -0.0628 e. The van der Waals surface area contributed by atoms with E-state index >= 15 is 0 Å². The van der Waals surface area contributed by atoms with Crippen molar-refractivity contribution in [2.24, 2.45) is 11.8 Å². The lowest BCUT2D eigenvalue weighted by atomic mass is 9.91. The molecule has 0 heteroatoms. The zero-order chi connectivity index (χ0) is 14.4. The topological polar surface area (TPSA) is 0 Å². The van der Waals surface area contributed by atoms with Crippen LogP contribution < -0.4 is 0 Å². The molecule has 0 saturated heterocycles. The molecule has 0 aliphatic rings. The molecule has 0 heterocycles. The van der Waals surface area contributed by atoms with Crippen molar-refractivity contribution < 1.29 is 0 Å². The normalized spacial score (nSPS) is 13.0. The Labute approximate surface area is 120 Å². The molecule has 0 N–H and O–H groups in total. The summed E-state index contributed by atoms with van der Waals surface area (Å²) >= 11 is 0. The minimum absolute atomic E-state index is 0.856. The van der Waals surface area contributed by atoms with Crippen molar-refractivity contribution in [2.75, 3.05) is 0 Å². The van der Waals surface area contributed by atoms with Gasteiger partial charge < -0.3 is 0 Å². The molecular formula is C19H32. The van der Waals surface area contributed by atoms with Gasteiger partial charge in [0.1, 0.15) is 0 Å². The minimum atomic E-state index is 0.856. The van der Waals surface area contributed by atoms with Crippen LogP contribution in [0.3, 0.4) is 0 Å². The predicted octanol–water partition coefficient (Wildman–Crippen LogP) is 6.01. The number of aryl methyl sites for hydroxylation is 2. The van der Waals surface area contributed by atoms with Crippen LogP contribution in [0.5, 0.6) is 0 Å². The van der Waals surface area contributed by atoms with Gasteiger partial charge in [-0.3, -0.25) is 0 Å². The van der Waals surface area contributed by atoms with Crippen LogP contribution in [0.1, 0.15) is 68.7 Å². The van der Waals surface area contributed by atoms with Crippen molar-refractivity contribution in [1.29, 1.82) is 0 Å². The summed E-state index contributed by atoms with van der Waals surface area (Å²) in [7, 11) is 0. The smallest absolute Gasteiger partial charge is 0.0274 e. The maximum Gasteiger partial charge on any atom is -0.0274 e. The molecule has 0 aliphatic heterocycles. The van der Waals surface area contributed by atoms with Crippen LogP contribution in [0.15, 0.2) is 12.1 Å². The largest absolute Gasteiger partial charge is 0.0628 e. The first-order valence-corrected chi connectivity index (χ1v) is 7.97. The van der Waals surface area contributed by atoms with Crippen LogP contribution in [0.25, 0.3) is 0 Å². The summed E-state index contributed by atoms with van der Waals surface area (Å²) in [5, 5.41) is 0. The van der Waals surface area contributed by atoms with Crippen LogP contribution >= 0.6 is 0 Å². The second-order valence-electron chi connectivity index (χ2n) is 6.76. The van der Waals surface area contributed by atoms with Crippen LogP contribution in [0.4, 0.5) is 0 Å². The maximum atomic E-state index is 2.41. The Morgan fingerprint density at radius 1 is 0.842 bits per heavy atom. The lowest BCUT2D eigenvalue weighted by Crippen LogP contribution is -2.01. The molecule has 1 aromatic carbocycles. The van der Waals surface area contributed by atoms with E-state index in [1.807, 2.05) is 0 Å². The number of benzene rings is 1. The van der Waals surface area contributed by atoms with E-state index in [0.717, 1.165) is 11.8 Å². The van der Waals surface area contributed by atoms with Gasteiger partial charge in [0.2, 0.25) is 0 Å². The highest BCUT2D eigenvalue weighted by Gasteiger charge is 2.07. The third-order valence-electron chi connectivity index (χ3n) is 4.56. The van der Waals surface area contributed by atoms with Gasteiger partial charge in [-0.05, 0) is 67.7 Å². The average Bonchev–Trinajstić information content (AvgIpc) is 2.35. The zero-order valence-corrected chi connectivity index (χ0v) is 13.8. The second-order valence-corrected chi connectivity index (χ2v) is 6.76. The summed E-state index contributed by atoms with van der Waals surface area (Å²) in [6.45, 7) is 13.8. The van der Waals surface area contributed by atoms with Crippen molar-refractivity contribution in [3.05, 3.63) is 34.4 Å². The first-order chi connectivity index (χ1) is 8.91. The lowest BCUT2D eigenvalue weighted by molar-refractivity contribution is 0.436. The molecule has 0 aliphatic carbocycles. The van der Waals surface area contributed by atoms with Crippen molar-refractivity contribution >= 4 is 0 Å². The molecule has 0 spiro atoms. The fourth-order valence-corrected chi connectivity index (χ4v) is 2.70. The fourth-order valence-electron chi connectivity index (χ4n) is 2.70. The van der Waals surface area contributed by atoms with E-state index in [9.17, 15) is 0 Å². The van der Waals surface area contributed by atoms with Gasteiger partial charge in [-0.25, -0.2) is 0 Å². The van der Waals surface area contributed by atoms with Crippen molar-refractivity contribution in [3.63, 3.8) is 0 Å². The molecule has 0 aromatic heterocycles. The van der Waals surface area contributed by atoms with E-state index in [0.29, 0.717) is 0 Å². The highest BCUT2D eigenvalue weighted by atomic mass is 14.1. The third kappa shape index (κ3) is 5.38. The third-order valence-corrected chi connectivity index (χ3v) is 4.56. The van der Waals surface area contributed by atoms with Gasteiger partial charge in [-0.1, -0.05) is 52.2 Å². The maximum absolute atomic E-state index is 2.41. The van der Waals surface area contributed by atoms with Gasteiger partial charge in [-0.2, -0.15) is 0 Å². The van der Waals surface area contributed by atoms with E-state index in [1.165, 1.54) is 48.8 Å². The molecule has 0 nitrogen and oxygen atoms in total. The van der Waals surface area contributed by atoms with Crippen LogP contribution in [0.2, 0.25) is 0 Å². The molecule has 0 bridgehead atoms. The van der Waals surface area contributed by atoms with Gasteiger partial charge in [0.15, 0.2) is 0 Å². The van der Waals surface area contributed by atoms with Gasteiger partial charge >= 0.3 is 0 Å². The summed E-state index contributed by atoms with van der Waals surface area (Å²) < 4.78 is 0. The number of hydrogen-bond acceptors (Lipinski definition) is 0. The Bertz CT molecular complexity index is 387. The molecule has 19 heavy (non-hydrogen) atoms. The first-order valence-electron chi connectivity index (χ1n) is 7.97. The highest BCUT2D eigenvalue weighted by Crippen LogP contribution is 2.22. The van der Waals surface area contributed by atoms with E-state index in [1.54, 1.807) is 5.56 Å². The Hall–Kier alpha value is -0.780. The van der Waals surface area contributed by atoms with Gasteiger partial charge in [-0.15, -0.1) is 0 Å². The Morgan fingerprint density at radius 2 is 1.53 bits per heavy atom. The van der Waals surface area contributed by atoms with Crippen molar-refractivity contribution in [2.45, 2.75) is 73.6 Å². The summed E-state index contributed by atoms with van der Waals surface area (Å²) in [6.07, 6.45) is 6.75. The van der Waals surface area contributed by atoms with E-state index in [-0.39, 0.29) is 0 Å². The molecule has 108 valence electrons. The Morgan fingerprint density at radius 3 is 2.16 bits per heavy atom. The van der Waals surface area contributed by atoms with E-state index in [2.05, 4.69) is 53.7 Å². The Kier molecular flexibility index (Phi) is 6.62. The molecule has 1 atom stereocenters. The fraction of sp³-hybridized carbons (Fsp3) is 0.684. The summed E-state index contributed by atoms with van der Waals surface area (Å²) in [5.74, 6) is 1.72. The van der Waals surface area contributed by atoms with Crippen molar-refractivity contribution in [1.82, 2.24) is 0 Å². The van der Waals surface area contributed by atoms with Crippen LogP contribution in [-0.4, -0.2) is 0 Å². The first kappa shape index (κ1) is 16.3. The zero-order valence-electron chi connectivity index (χ0n) is 13.8. The molecule has 1 rings (SSSR count). The number of hydrogen-bond donors (Lipinski definition) is 0. The van der Waals surface area contributed by atoms with E-state index < -0.39 is 0 Å². The lowest BCUT2D eigenvalue weighted by Gasteiger charge is -2.15. The summed E-state index contributed by atoms with van der Waals surface area (Å²) in [5.41, 5.74) is 5.96.